The molecule has 190 valence electrons. The molecule has 1 spiro atoms. The summed E-state index contributed by atoms with van der Waals surface area (Å²) >= 11 is 1.20. The molecule has 0 aliphatic carbocycles. The van der Waals surface area contributed by atoms with E-state index in [2.05, 4.69) is 15.8 Å². The largest absolute Gasteiger partial charge is 0.372 e. The molecular weight excluding hydrogens is 493 g/mol. The summed E-state index contributed by atoms with van der Waals surface area (Å²) < 4.78 is 27.5. The molecule has 6 rings (SSSR count). The molecule has 0 radical (unpaired) electrons. The number of benzene rings is 1. The number of hydrogen-bond acceptors (Lipinski definition) is 9. The summed E-state index contributed by atoms with van der Waals surface area (Å²) in [5.41, 5.74) is -1.25. The van der Waals surface area contributed by atoms with Crippen LogP contribution in [0.4, 0.5) is 25.5 Å². The Morgan fingerprint density at radius 2 is 1.92 bits per heavy atom. The molecule has 5 amide bonds. The van der Waals surface area contributed by atoms with Gasteiger partial charge in [-0.1, -0.05) is 23.8 Å². The van der Waals surface area contributed by atoms with Gasteiger partial charge in [-0.05, 0) is 31.9 Å². The number of halogens is 1. The number of carbonyl (C=O) groups excluding carboxylic acids is 4. The first kappa shape index (κ1) is 23.2. The van der Waals surface area contributed by atoms with E-state index < -0.39 is 41.2 Å². The summed E-state index contributed by atoms with van der Waals surface area (Å²) in [7, 11) is 0. The standard InChI is InChI=1S/C23H24FN5O6S/c1-4-12-8-29(22(33)36-12)18-13-5-11-6-23(19(30)25-21(32)26-20(23)31)17-10(3)34-9(2)7-28(17)15(11)14(24)16(13)35-27-18/h5,9-10,12,17H,4,6-8H2,1-3H3,(H2,25,26,30,31,32)/t9-,10+,12?,17?/m1/s1. The van der Waals surface area contributed by atoms with E-state index in [0.717, 1.165) is 6.42 Å². The van der Waals surface area contributed by atoms with Gasteiger partial charge in [-0.2, -0.15) is 0 Å². The first-order valence-electron chi connectivity index (χ1n) is 11.8. The SMILES string of the molecule is CCC1CN(c2noc3c(F)c4c(cc23)CC2(C(=O)NC(=O)NC2=O)C2[C@H](C)O[C@H](C)CN42)C(=O)S1. The number of amides is 5. The van der Waals surface area contributed by atoms with Gasteiger partial charge in [-0.15, -0.1) is 0 Å². The van der Waals surface area contributed by atoms with E-state index in [1.165, 1.54) is 16.7 Å². The number of nitrogens with one attached hydrogen (secondary N) is 2. The maximum absolute atomic E-state index is 16.1. The molecular formula is C23H24FN5O6S. The van der Waals surface area contributed by atoms with Crippen molar-refractivity contribution in [1.29, 1.82) is 0 Å². The third-order valence-corrected chi connectivity index (χ3v) is 8.77. The average molecular weight is 518 g/mol. The lowest BCUT2D eigenvalue weighted by molar-refractivity contribution is -0.153. The molecule has 2 aromatic rings. The molecule has 2 N–H and O–H groups in total. The second-order valence-corrected chi connectivity index (χ2v) is 11.0. The van der Waals surface area contributed by atoms with Crippen molar-refractivity contribution in [2.24, 2.45) is 5.41 Å². The molecule has 11 nitrogen and oxygen atoms in total. The van der Waals surface area contributed by atoms with Crippen LogP contribution >= 0.6 is 11.8 Å². The third kappa shape index (κ3) is 3.05. The van der Waals surface area contributed by atoms with Gasteiger partial charge < -0.3 is 14.2 Å². The Bertz CT molecular complexity index is 1330. The lowest BCUT2D eigenvalue weighted by atomic mass is 9.66. The van der Waals surface area contributed by atoms with E-state index >= 15 is 4.39 Å². The fourth-order valence-electron chi connectivity index (χ4n) is 6.04. The molecule has 3 saturated heterocycles. The minimum atomic E-state index is -1.73. The van der Waals surface area contributed by atoms with Crippen LogP contribution in [0.3, 0.4) is 0 Å². The molecule has 0 saturated carbocycles. The number of hydrogen-bond donors (Lipinski definition) is 2. The number of nitrogens with zero attached hydrogens (tertiary/aromatic N) is 3. The zero-order valence-corrected chi connectivity index (χ0v) is 20.6. The van der Waals surface area contributed by atoms with Crippen LogP contribution in [0.15, 0.2) is 10.6 Å². The fourth-order valence-corrected chi connectivity index (χ4v) is 7.00. The average Bonchev–Trinajstić information content (AvgIpc) is 3.39. The second-order valence-electron chi connectivity index (χ2n) is 9.74. The predicted octanol–water partition coefficient (Wildman–Crippen LogP) is 2.31. The fraction of sp³-hybridized carbons (Fsp3) is 0.522. The first-order valence-corrected chi connectivity index (χ1v) is 12.7. The Morgan fingerprint density at radius 3 is 2.58 bits per heavy atom. The van der Waals surface area contributed by atoms with Crippen molar-refractivity contribution in [3.05, 3.63) is 17.4 Å². The molecule has 1 aromatic carbocycles. The number of urea groups is 1. The monoisotopic (exact) mass is 517 g/mol. The topological polar surface area (TPSA) is 134 Å². The van der Waals surface area contributed by atoms with Gasteiger partial charge in [0, 0.05) is 24.8 Å². The summed E-state index contributed by atoms with van der Waals surface area (Å²) in [4.78, 5) is 54.3. The molecule has 36 heavy (non-hydrogen) atoms. The van der Waals surface area contributed by atoms with Gasteiger partial charge in [-0.3, -0.25) is 29.9 Å². The Kier molecular flexibility index (Phi) is 5.10. The van der Waals surface area contributed by atoms with Crippen LogP contribution in [0.1, 0.15) is 32.8 Å². The highest BCUT2D eigenvalue weighted by Crippen LogP contribution is 2.50. The molecule has 4 atom stereocenters. The van der Waals surface area contributed by atoms with E-state index in [1.54, 1.807) is 17.9 Å². The number of thioether (sulfide) groups is 1. The predicted molar refractivity (Wildman–Crippen MR) is 127 cm³/mol. The highest BCUT2D eigenvalue weighted by atomic mass is 32.2. The Morgan fingerprint density at radius 1 is 1.19 bits per heavy atom. The summed E-state index contributed by atoms with van der Waals surface area (Å²) in [6.45, 7) is 6.15. The van der Waals surface area contributed by atoms with Gasteiger partial charge >= 0.3 is 6.03 Å². The van der Waals surface area contributed by atoms with E-state index in [-0.39, 0.29) is 52.0 Å². The quantitative estimate of drug-likeness (QED) is 0.576. The van der Waals surface area contributed by atoms with Gasteiger partial charge in [0.15, 0.2) is 17.1 Å². The zero-order valence-electron chi connectivity index (χ0n) is 19.8. The molecule has 2 unspecified atom stereocenters. The van der Waals surface area contributed by atoms with Crippen LogP contribution in [0.5, 0.6) is 0 Å². The number of carbonyl (C=O) groups is 4. The number of ether oxygens (including phenoxy) is 1. The second kappa shape index (κ2) is 7.90. The van der Waals surface area contributed by atoms with Gasteiger partial charge in [0.05, 0.1) is 29.3 Å². The molecule has 5 heterocycles. The summed E-state index contributed by atoms with van der Waals surface area (Å²) in [5.74, 6) is -2.00. The van der Waals surface area contributed by atoms with Crippen molar-refractivity contribution >= 4 is 57.3 Å². The molecule has 1 aromatic heterocycles. The molecule has 0 bridgehead atoms. The van der Waals surface area contributed by atoms with Crippen LogP contribution in [-0.4, -0.2) is 64.8 Å². The first-order chi connectivity index (χ1) is 17.1. The summed E-state index contributed by atoms with van der Waals surface area (Å²) in [5, 5.41) is 8.63. The van der Waals surface area contributed by atoms with Crippen LogP contribution in [0.2, 0.25) is 0 Å². The van der Waals surface area contributed by atoms with Gasteiger partial charge in [-0.25, -0.2) is 9.18 Å². The van der Waals surface area contributed by atoms with Crippen LogP contribution < -0.4 is 20.4 Å². The minimum absolute atomic E-state index is 0.0826. The van der Waals surface area contributed by atoms with Crippen LogP contribution in [-0.2, 0) is 20.7 Å². The summed E-state index contributed by atoms with van der Waals surface area (Å²) in [6.07, 6.45) is -0.334. The Balaban J connectivity index is 1.55. The van der Waals surface area contributed by atoms with Gasteiger partial charge in [0.2, 0.25) is 17.4 Å². The van der Waals surface area contributed by atoms with E-state index in [4.69, 9.17) is 9.26 Å². The highest BCUT2D eigenvalue weighted by molar-refractivity contribution is 8.14. The summed E-state index contributed by atoms with van der Waals surface area (Å²) in [6, 6.07) is -0.133. The number of anilines is 2. The Labute approximate surface area is 209 Å². The number of imide groups is 2. The van der Waals surface area contributed by atoms with Gasteiger partial charge in [0.25, 0.3) is 5.24 Å². The molecule has 4 aliphatic heterocycles. The highest BCUT2D eigenvalue weighted by Gasteiger charge is 2.63. The van der Waals surface area contributed by atoms with E-state index in [1.807, 2.05) is 13.8 Å². The number of fused-ring (bicyclic) bond motifs is 5. The molecule has 4 aliphatic rings. The number of barbiturate groups is 1. The van der Waals surface area contributed by atoms with Crippen molar-refractivity contribution in [2.75, 3.05) is 22.9 Å². The number of morpholine rings is 1. The minimum Gasteiger partial charge on any atom is -0.372 e. The van der Waals surface area contributed by atoms with Crippen molar-refractivity contribution in [3.8, 4) is 0 Å². The number of aromatic nitrogens is 1. The normalized spacial score (nSPS) is 29.4. The van der Waals surface area contributed by atoms with Gasteiger partial charge in [0.1, 0.15) is 0 Å². The van der Waals surface area contributed by atoms with Crippen molar-refractivity contribution in [1.82, 2.24) is 15.8 Å². The number of rotatable bonds is 2. The maximum atomic E-state index is 16.1. The molecule has 13 heteroatoms. The van der Waals surface area contributed by atoms with E-state index in [9.17, 15) is 19.2 Å². The molecule has 3 fully saturated rings. The van der Waals surface area contributed by atoms with E-state index in [0.29, 0.717) is 12.1 Å². The van der Waals surface area contributed by atoms with Crippen LogP contribution in [0.25, 0.3) is 11.0 Å². The van der Waals surface area contributed by atoms with Crippen molar-refractivity contribution in [3.63, 3.8) is 0 Å². The smallest absolute Gasteiger partial charge is 0.328 e. The van der Waals surface area contributed by atoms with Crippen molar-refractivity contribution in [2.45, 2.75) is 57.1 Å². The van der Waals surface area contributed by atoms with Crippen LogP contribution in [0, 0.1) is 11.2 Å². The Hall–Kier alpha value is -3.19. The third-order valence-electron chi connectivity index (χ3n) is 7.53. The van der Waals surface area contributed by atoms with Crippen molar-refractivity contribution < 1.29 is 32.8 Å². The lowest BCUT2D eigenvalue weighted by Crippen LogP contribution is -2.75. The zero-order chi connectivity index (χ0) is 25.5. The maximum Gasteiger partial charge on any atom is 0.328 e. The lowest BCUT2D eigenvalue weighted by Gasteiger charge is -2.55.